The Hall–Kier alpha value is -1.60. The zero-order chi connectivity index (χ0) is 12.8. The number of thioether (sulfide) groups is 1. The molecule has 0 aliphatic rings. The number of rotatable bonds is 5. The van der Waals surface area contributed by atoms with Crippen molar-refractivity contribution < 1.29 is 19.6 Å². The predicted octanol–water partition coefficient (Wildman–Crippen LogP) is 1.35. The van der Waals surface area contributed by atoms with Gasteiger partial charge in [-0.25, -0.2) is 0 Å². The second kappa shape index (κ2) is 6.21. The molecule has 0 aliphatic carbocycles. The summed E-state index contributed by atoms with van der Waals surface area (Å²) in [6.07, 6.45) is 0. The molecular weight excluding hydrogens is 246 g/mol. The average Bonchev–Trinajstić information content (AvgIpc) is 2.35. The summed E-state index contributed by atoms with van der Waals surface area (Å²) in [4.78, 5) is 21.6. The maximum atomic E-state index is 10.9. The molecule has 0 aromatic heterocycles. The van der Waals surface area contributed by atoms with E-state index in [1.165, 1.54) is 37.1 Å². The van der Waals surface area contributed by atoms with E-state index in [1.54, 1.807) is 0 Å². The Kier molecular flexibility index (Phi) is 4.92. The zero-order valence-electron chi connectivity index (χ0n) is 9.08. The summed E-state index contributed by atoms with van der Waals surface area (Å²) >= 11 is 1.19. The minimum Gasteiger partial charge on any atom is -0.468 e. The van der Waals surface area contributed by atoms with Gasteiger partial charge in [0, 0.05) is 11.0 Å². The molecule has 1 aromatic carbocycles. The number of esters is 1. The number of aliphatic hydroxyl groups is 1. The van der Waals surface area contributed by atoms with Gasteiger partial charge in [0.05, 0.1) is 30.0 Å². The van der Waals surface area contributed by atoms with Crippen molar-refractivity contribution in [3.8, 4) is 0 Å². The molecule has 1 N–H and O–H groups in total. The van der Waals surface area contributed by atoms with E-state index in [-0.39, 0.29) is 23.0 Å². The van der Waals surface area contributed by atoms with Crippen LogP contribution < -0.4 is 0 Å². The third-order valence-corrected chi connectivity index (χ3v) is 2.97. The van der Waals surface area contributed by atoms with Crippen LogP contribution in [0.25, 0.3) is 0 Å². The third kappa shape index (κ3) is 3.72. The van der Waals surface area contributed by atoms with Crippen LogP contribution in [0.4, 0.5) is 5.69 Å². The second-order valence-corrected chi connectivity index (χ2v) is 4.12. The highest BCUT2D eigenvalue weighted by Crippen LogP contribution is 2.26. The van der Waals surface area contributed by atoms with Crippen LogP contribution in [0.15, 0.2) is 23.1 Å². The number of nitro benzene ring substituents is 1. The molecule has 6 nitrogen and oxygen atoms in total. The van der Waals surface area contributed by atoms with Crippen molar-refractivity contribution >= 4 is 23.4 Å². The lowest BCUT2D eigenvalue weighted by Crippen LogP contribution is -2.03. The first-order valence-corrected chi connectivity index (χ1v) is 5.65. The molecule has 17 heavy (non-hydrogen) atoms. The highest BCUT2D eigenvalue weighted by atomic mass is 32.2. The summed E-state index contributed by atoms with van der Waals surface area (Å²) in [5.41, 5.74) is 0.0970. The summed E-state index contributed by atoms with van der Waals surface area (Å²) in [6.45, 7) is -0.414. The van der Waals surface area contributed by atoms with Gasteiger partial charge in [-0.15, -0.1) is 11.8 Å². The number of nitrogens with zero attached hydrogens (tertiary/aromatic N) is 1. The largest absolute Gasteiger partial charge is 0.468 e. The fourth-order valence-electron chi connectivity index (χ4n) is 1.16. The molecule has 0 saturated heterocycles. The Balaban J connectivity index is 2.82. The summed E-state index contributed by atoms with van der Waals surface area (Å²) in [6, 6.07) is 4.34. The van der Waals surface area contributed by atoms with Crippen LogP contribution >= 0.6 is 11.8 Å². The normalized spacial score (nSPS) is 10.0. The molecule has 0 heterocycles. The molecule has 0 spiro atoms. The van der Waals surface area contributed by atoms with E-state index >= 15 is 0 Å². The third-order valence-electron chi connectivity index (χ3n) is 2.00. The first-order chi connectivity index (χ1) is 8.08. The van der Waals surface area contributed by atoms with Crippen molar-refractivity contribution in [2.75, 3.05) is 12.9 Å². The quantitative estimate of drug-likeness (QED) is 0.370. The van der Waals surface area contributed by atoms with Gasteiger partial charge in [0.15, 0.2) is 0 Å². The number of nitro groups is 1. The second-order valence-electron chi connectivity index (χ2n) is 3.07. The zero-order valence-corrected chi connectivity index (χ0v) is 9.90. The highest BCUT2D eigenvalue weighted by molar-refractivity contribution is 8.00. The molecule has 92 valence electrons. The van der Waals surface area contributed by atoms with Gasteiger partial charge in [0.2, 0.25) is 0 Å². The van der Waals surface area contributed by atoms with Crippen molar-refractivity contribution in [3.05, 3.63) is 33.9 Å². The lowest BCUT2D eigenvalue weighted by Gasteiger charge is -2.03. The van der Waals surface area contributed by atoms with Crippen molar-refractivity contribution in [3.63, 3.8) is 0 Å². The van der Waals surface area contributed by atoms with Gasteiger partial charge in [-0.05, 0) is 12.1 Å². The summed E-state index contributed by atoms with van der Waals surface area (Å²) < 4.78 is 4.47. The van der Waals surface area contributed by atoms with Gasteiger partial charge in [-0.3, -0.25) is 14.9 Å². The Bertz CT molecular complexity index is 435. The highest BCUT2D eigenvalue weighted by Gasteiger charge is 2.13. The van der Waals surface area contributed by atoms with E-state index in [0.29, 0.717) is 4.90 Å². The monoisotopic (exact) mass is 257 g/mol. The van der Waals surface area contributed by atoms with E-state index in [2.05, 4.69) is 4.74 Å². The smallest absolute Gasteiger partial charge is 0.315 e. The molecule has 0 aliphatic heterocycles. The molecule has 0 bridgehead atoms. The Morgan fingerprint density at radius 3 is 2.82 bits per heavy atom. The molecule has 0 amide bonds. The Morgan fingerprint density at radius 2 is 2.29 bits per heavy atom. The molecular formula is C10H11NO5S. The maximum Gasteiger partial charge on any atom is 0.315 e. The Labute approximate surface area is 102 Å². The number of aliphatic hydroxyl groups excluding tert-OH is 1. The van der Waals surface area contributed by atoms with Gasteiger partial charge in [0.25, 0.3) is 5.69 Å². The van der Waals surface area contributed by atoms with E-state index < -0.39 is 11.5 Å². The first-order valence-electron chi connectivity index (χ1n) is 4.66. The Morgan fingerprint density at radius 1 is 1.59 bits per heavy atom. The van der Waals surface area contributed by atoms with Crippen molar-refractivity contribution in [1.82, 2.24) is 0 Å². The van der Waals surface area contributed by atoms with Crippen LogP contribution in [0.1, 0.15) is 5.56 Å². The standard InChI is InChI=1S/C10H11NO5S/c1-16-10(13)6-17-8-2-3-9(11(14)15)7(4-8)5-12/h2-4,12H,5-6H2,1H3. The minimum absolute atomic E-state index is 0.124. The fourth-order valence-corrected chi connectivity index (χ4v) is 1.95. The molecule has 0 atom stereocenters. The summed E-state index contributed by atoms with van der Waals surface area (Å²) in [7, 11) is 1.29. The fraction of sp³-hybridized carbons (Fsp3) is 0.300. The van der Waals surface area contributed by atoms with Crippen molar-refractivity contribution in [1.29, 1.82) is 0 Å². The van der Waals surface area contributed by atoms with Gasteiger partial charge in [-0.2, -0.15) is 0 Å². The number of hydrogen-bond acceptors (Lipinski definition) is 6. The maximum absolute atomic E-state index is 10.9. The van der Waals surface area contributed by atoms with Gasteiger partial charge < -0.3 is 9.84 Å². The number of benzene rings is 1. The molecule has 0 radical (unpaired) electrons. The van der Waals surface area contributed by atoms with Gasteiger partial charge in [0.1, 0.15) is 0 Å². The van der Waals surface area contributed by atoms with Gasteiger partial charge >= 0.3 is 5.97 Å². The topological polar surface area (TPSA) is 89.7 Å². The minimum atomic E-state index is -0.555. The molecule has 7 heteroatoms. The van der Waals surface area contributed by atoms with Gasteiger partial charge in [-0.1, -0.05) is 0 Å². The summed E-state index contributed by atoms with van der Waals surface area (Å²) in [5, 5.41) is 19.6. The molecule has 0 fully saturated rings. The van der Waals surface area contributed by atoms with E-state index in [1.807, 2.05) is 0 Å². The SMILES string of the molecule is COC(=O)CSc1ccc([N+](=O)[O-])c(CO)c1. The lowest BCUT2D eigenvalue weighted by atomic mass is 10.2. The first kappa shape index (κ1) is 13.5. The number of methoxy groups -OCH3 is 1. The van der Waals surface area contributed by atoms with Crippen LogP contribution in [-0.4, -0.2) is 28.9 Å². The van der Waals surface area contributed by atoms with E-state index in [0.717, 1.165) is 0 Å². The predicted molar refractivity (Wildman–Crippen MR) is 61.8 cm³/mol. The van der Waals surface area contributed by atoms with Crippen molar-refractivity contribution in [2.45, 2.75) is 11.5 Å². The van der Waals surface area contributed by atoms with Crippen LogP contribution in [0.2, 0.25) is 0 Å². The van der Waals surface area contributed by atoms with Crippen molar-refractivity contribution in [2.24, 2.45) is 0 Å². The molecule has 1 aromatic rings. The van der Waals surface area contributed by atoms with E-state index in [9.17, 15) is 14.9 Å². The van der Waals surface area contributed by atoms with Crippen LogP contribution in [0.3, 0.4) is 0 Å². The number of ether oxygens (including phenoxy) is 1. The number of hydrogen-bond donors (Lipinski definition) is 1. The molecule has 1 rings (SSSR count). The summed E-state index contributed by atoms with van der Waals surface area (Å²) in [5.74, 6) is -0.252. The van der Waals surface area contributed by atoms with Crippen LogP contribution in [0.5, 0.6) is 0 Å². The molecule has 0 unspecified atom stereocenters. The van der Waals surface area contributed by atoms with Crippen LogP contribution in [-0.2, 0) is 16.1 Å². The lowest BCUT2D eigenvalue weighted by molar-refractivity contribution is -0.385. The number of carbonyl (C=O) groups excluding carboxylic acids is 1. The molecule has 0 saturated carbocycles. The number of carbonyl (C=O) groups is 1. The average molecular weight is 257 g/mol. The van der Waals surface area contributed by atoms with Crippen LogP contribution in [0, 0.1) is 10.1 Å². The van der Waals surface area contributed by atoms with E-state index in [4.69, 9.17) is 5.11 Å².